The molecule has 0 aliphatic carbocycles. The average molecular weight is 322 g/mol. The van der Waals surface area contributed by atoms with Crippen molar-refractivity contribution in [2.45, 2.75) is 39.2 Å². The zero-order valence-electron chi connectivity index (χ0n) is 12.5. The van der Waals surface area contributed by atoms with Gasteiger partial charge in [0.05, 0.1) is 0 Å². The van der Waals surface area contributed by atoms with Gasteiger partial charge >= 0.3 is 0 Å². The molecule has 22 heavy (non-hydrogen) atoms. The van der Waals surface area contributed by atoms with E-state index in [0.29, 0.717) is 16.4 Å². The van der Waals surface area contributed by atoms with Gasteiger partial charge in [0.2, 0.25) is 5.91 Å². The van der Waals surface area contributed by atoms with E-state index in [2.05, 4.69) is 17.3 Å². The molecule has 0 bridgehead atoms. The van der Waals surface area contributed by atoms with Crippen LogP contribution in [0.4, 0.5) is 10.2 Å². The number of amides is 1. The van der Waals surface area contributed by atoms with Crippen LogP contribution in [0.3, 0.4) is 0 Å². The minimum atomic E-state index is -0.356. The predicted octanol–water partition coefficient (Wildman–Crippen LogP) is 3.87. The van der Waals surface area contributed by atoms with E-state index in [1.54, 1.807) is 0 Å². The van der Waals surface area contributed by atoms with Gasteiger partial charge in [0, 0.05) is 35.2 Å². The van der Waals surface area contributed by atoms with E-state index in [-0.39, 0.29) is 24.1 Å². The minimum Gasteiger partial charge on any atom is -0.309 e. The van der Waals surface area contributed by atoms with Crippen LogP contribution in [0.15, 0.2) is 18.2 Å². The summed E-state index contributed by atoms with van der Waals surface area (Å²) in [5.41, 5.74) is 2.56. The van der Waals surface area contributed by atoms with E-state index in [9.17, 15) is 9.18 Å². The van der Waals surface area contributed by atoms with E-state index in [1.165, 1.54) is 18.2 Å². The molecule has 1 atom stereocenters. The largest absolute Gasteiger partial charge is 0.309 e. The number of fused-ring (bicyclic) bond motifs is 1. The Morgan fingerprint density at radius 1 is 1.50 bits per heavy atom. The highest BCUT2D eigenvalue weighted by Gasteiger charge is 2.33. The Balaban J connectivity index is 2.15. The Kier molecular flexibility index (Phi) is 3.91. The van der Waals surface area contributed by atoms with Crippen LogP contribution in [0.2, 0.25) is 5.02 Å². The van der Waals surface area contributed by atoms with Gasteiger partial charge in [0.15, 0.2) is 5.82 Å². The fourth-order valence-electron chi connectivity index (χ4n) is 3.02. The Hall–Kier alpha value is -1.88. The fourth-order valence-corrected chi connectivity index (χ4v) is 3.27. The van der Waals surface area contributed by atoms with Crippen molar-refractivity contribution in [3.05, 3.63) is 45.9 Å². The van der Waals surface area contributed by atoms with Gasteiger partial charge in [-0.2, -0.15) is 5.10 Å². The van der Waals surface area contributed by atoms with E-state index in [0.717, 1.165) is 24.2 Å². The Morgan fingerprint density at radius 2 is 2.27 bits per heavy atom. The molecule has 0 spiro atoms. The summed E-state index contributed by atoms with van der Waals surface area (Å²) < 4.78 is 15.5. The fraction of sp³-hybridized carbons (Fsp3) is 0.375. The molecule has 4 nitrogen and oxygen atoms in total. The standard InChI is InChI=1S/C16H17ClFN3O/c1-3-6-21-9(2)15-12(8-14(22)19-16(15)20-21)11-7-10(18)4-5-13(11)17/h4-5,7,12H,3,6,8H2,1-2H3,(H,19,20,22). The maximum atomic E-state index is 13.6. The number of hydrogen-bond acceptors (Lipinski definition) is 2. The van der Waals surface area contributed by atoms with Crippen molar-refractivity contribution in [1.82, 2.24) is 9.78 Å². The molecule has 1 unspecified atom stereocenters. The molecule has 0 saturated carbocycles. The summed E-state index contributed by atoms with van der Waals surface area (Å²) in [5.74, 6) is -0.186. The molecule has 2 aromatic rings. The summed E-state index contributed by atoms with van der Waals surface area (Å²) in [5, 5.41) is 7.74. The van der Waals surface area contributed by atoms with Crippen molar-refractivity contribution in [3.8, 4) is 0 Å². The smallest absolute Gasteiger partial charge is 0.226 e. The highest BCUT2D eigenvalue weighted by atomic mass is 35.5. The van der Waals surface area contributed by atoms with Gasteiger partial charge in [-0.15, -0.1) is 0 Å². The number of aryl methyl sites for hydroxylation is 1. The van der Waals surface area contributed by atoms with E-state index in [1.807, 2.05) is 11.6 Å². The Bertz CT molecular complexity index is 741. The summed E-state index contributed by atoms with van der Waals surface area (Å²) in [7, 11) is 0. The lowest BCUT2D eigenvalue weighted by Gasteiger charge is -2.23. The predicted molar refractivity (Wildman–Crippen MR) is 83.8 cm³/mol. The topological polar surface area (TPSA) is 46.9 Å². The van der Waals surface area contributed by atoms with Gasteiger partial charge in [-0.3, -0.25) is 9.48 Å². The zero-order chi connectivity index (χ0) is 15.9. The molecule has 1 aliphatic rings. The normalized spacial score (nSPS) is 17.3. The van der Waals surface area contributed by atoms with E-state index in [4.69, 9.17) is 11.6 Å². The minimum absolute atomic E-state index is 0.126. The van der Waals surface area contributed by atoms with Crippen LogP contribution in [0, 0.1) is 12.7 Å². The van der Waals surface area contributed by atoms with Crippen molar-refractivity contribution in [2.24, 2.45) is 0 Å². The lowest BCUT2D eigenvalue weighted by atomic mass is 9.85. The second-order valence-electron chi connectivity index (χ2n) is 5.54. The van der Waals surface area contributed by atoms with Crippen molar-refractivity contribution < 1.29 is 9.18 Å². The molecule has 0 saturated heterocycles. The number of benzene rings is 1. The first-order valence-corrected chi connectivity index (χ1v) is 7.71. The number of anilines is 1. The molecule has 1 amide bonds. The van der Waals surface area contributed by atoms with E-state index < -0.39 is 0 Å². The monoisotopic (exact) mass is 321 g/mol. The maximum Gasteiger partial charge on any atom is 0.226 e. The summed E-state index contributed by atoms with van der Waals surface area (Å²) in [6.45, 7) is 4.82. The SMILES string of the molecule is CCCn1nc2c(c1C)C(c1cc(F)ccc1Cl)CC(=O)N2. The third-order valence-electron chi connectivity index (χ3n) is 4.02. The molecule has 0 fully saturated rings. The molecular formula is C16H17ClFN3O. The van der Waals surface area contributed by atoms with Gasteiger partial charge in [-0.05, 0) is 37.1 Å². The number of carbonyl (C=O) groups is 1. The third kappa shape index (κ3) is 2.50. The van der Waals surface area contributed by atoms with Crippen molar-refractivity contribution in [1.29, 1.82) is 0 Å². The first-order valence-electron chi connectivity index (χ1n) is 7.33. The summed E-state index contributed by atoms with van der Waals surface area (Å²) in [6.07, 6.45) is 1.19. The molecule has 1 aromatic heterocycles. The van der Waals surface area contributed by atoms with Crippen LogP contribution in [0.5, 0.6) is 0 Å². The average Bonchev–Trinajstić information content (AvgIpc) is 2.77. The number of hydrogen-bond donors (Lipinski definition) is 1. The molecule has 6 heteroatoms. The van der Waals surface area contributed by atoms with Crippen molar-refractivity contribution in [3.63, 3.8) is 0 Å². The number of carbonyl (C=O) groups excluding carboxylic acids is 1. The van der Waals surface area contributed by atoms with Crippen LogP contribution >= 0.6 is 11.6 Å². The van der Waals surface area contributed by atoms with Crippen molar-refractivity contribution >= 4 is 23.3 Å². The quantitative estimate of drug-likeness (QED) is 0.933. The van der Waals surface area contributed by atoms with Gasteiger partial charge < -0.3 is 5.32 Å². The maximum absolute atomic E-state index is 13.6. The molecule has 0 radical (unpaired) electrons. The number of aromatic nitrogens is 2. The Morgan fingerprint density at radius 3 is 3.00 bits per heavy atom. The first-order chi connectivity index (χ1) is 10.5. The van der Waals surface area contributed by atoms with Gasteiger partial charge in [-0.1, -0.05) is 18.5 Å². The second kappa shape index (κ2) is 5.72. The van der Waals surface area contributed by atoms with Crippen LogP contribution in [-0.4, -0.2) is 15.7 Å². The zero-order valence-corrected chi connectivity index (χ0v) is 13.2. The van der Waals surface area contributed by atoms with Crippen LogP contribution in [-0.2, 0) is 11.3 Å². The van der Waals surface area contributed by atoms with Crippen LogP contribution < -0.4 is 5.32 Å². The van der Waals surface area contributed by atoms with Gasteiger partial charge in [-0.25, -0.2) is 4.39 Å². The molecule has 2 heterocycles. The molecule has 1 aromatic carbocycles. The van der Waals surface area contributed by atoms with E-state index >= 15 is 0 Å². The highest BCUT2D eigenvalue weighted by Crippen LogP contribution is 2.41. The summed E-state index contributed by atoms with van der Waals surface area (Å²) >= 11 is 6.24. The number of nitrogens with one attached hydrogen (secondary N) is 1. The number of rotatable bonds is 3. The second-order valence-corrected chi connectivity index (χ2v) is 5.95. The van der Waals surface area contributed by atoms with Gasteiger partial charge in [0.1, 0.15) is 5.82 Å². The number of nitrogens with zero attached hydrogens (tertiary/aromatic N) is 2. The van der Waals surface area contributed by atoms with Crippen molar-refractivity contribution in [2.75, 3.05) is 5.32 Å². The Labute approximate surface area is 133 Å². The summed E-state index contributed by atoms with van der Waals surface area (Å²) in [6, 6.07) is 4.26. The molecular weight excluding hydrogens is 305 g/mol. The molecule has 116 valence electrons. The lowest BCUT2D eigenvalue weighted by molar-refractivity contribution is -0.116. The highest BCUT2D eigenvalue weighted by molar-refractivity contribution is 6.31. The van der Waals surface area contributed by atoms with Crippen LogP contribution in [0.1, 0.15) is 42.5 Å². The van der Waals surface area contributed by atoms with Crippen LogP contribution in [0.25, 0.3) is 0 Å². The first kappa shape index (κ1) is 15.0. The molecule has 3 rings (SSSR count). The number of halogens is 2. The molecule has 1 N–H and O–H groups in total. The lowest BCUT2D eigenvalue weighted by Crippen LogP contribution is -2.23. The summed E-state index contributed by atoms with van der Waals surface area (Å²) in [4.78, 5) is 12.0. The third-order valence-corrected chi connectivity index (χ3v) is 4.36. The van der Waals surface area contributed by atoms with Gasteiger partial charge in [0.25, 0.3) is 0 Å². The molecule has 1 aliphatic heterocycles.